The molecule has 0 aromatic carbocycles. The van der Waals surface area contributed by atoms with E-state index in [0.29, 0.717) is 5.56 Å². The van der Waals surface area contributed by atoms with E-state index < -0.39 is 0 Å². The minimum atomic E-state index is 0.667. The van der Waals surface area contributed by atoms with E-state index in [9.17, 15) is 9.59 Å². The molecule has 2 rings (SSSR count). The molecule has 2 heterocycles. The lowest BCUT2D eigenvalue weighted by atomic mass is 10.3. The average molecular weight is 298 g/mol. The molecule has 0 fully saturated rings. The quantitative estimate of drug-likeness (QED) is 0.800. The fourth-order valence-corrected chi connectivity index (χ4v) is 2.08. The lowest BCUT2D eigenvalue weighted by molar-refractivity contribution is 0.111. The van der Waals surface area contributed by atoms with E-state index in [1.807, 2.05) is 5.38 Å². The van der Waals surface area contributed by atoms with Crippen molar-refractivity contribution in [3.63, 3.8) is 0 Å². The van der Waals surface area contributed by atoms with Crippen LogP contribution in [0, 0.1) is 0 Å². The normalized spacial score (nSPS) is 8.81. The fourth-order valence-electron chi connectivity index (χ4n) is 0.832. The van der Waals surface area contributed by atoms with E-state index in [0.717, 1.165) is 21.9 Å². The van der Waals surface area contributed by atoms with Gasteiger partial charge in [-0.05, 0) is 34.1 Å². The molecule has 82 valence electrons. The number of aromatic nitrogens is 1. The number of rotatable bonds is 2. The zero-order valence-corrected chi connectivity index (χ0v) is 10.6. The summed E-state index contributed by atoms with van der Waals surface area (Å²) in [6.07, 6.45) is 4.81. The Kier molecular flexibility index (Phi) is 5.60. The summed E-state index contributed by atoms with van der Waals surface area (Å²) in [5, 5.41) is 1.88. The first-order valence-corrected chi connectivity index (χ1v) is 5.98. The molecule has 0 aliphatic heterocycles. The molecule has 0 aliphatic carbocycles. The highest BCUT2D eigenvalue weighted by Gasteiger charge is 1.91. The van der Waals surface area contributed by atoms with Crippen molar-refractivity contribution in [3.8, 4) is 0 Å². The third-order valence-electron chi connectivity index (χ3n) is 1.55. The van der Waals surface area contributed by atoms with Crippen molar-refractivity contribution in [2.45, 2.75) is 0 Å². The third-order valence-corrected chi connectivity index (χ3v) is 3.16. The van der Waals surface area contributed by atoms with Crippen LogP contribution < -0.4 is 0 Å². The highest BCUT2D eigenvalue weighted by Crippen LogP contribution is 2.17. The van der Waals surface area contributed by atoms with Gasteiger partial charge in [0.05, 0.1) is 4.88 Å². The molecule has 0 atom stereocenters. The van der Waals surface area contributed by atoms with Crippen molar-refractivity contribution in [2.24, 2.45) is 0 Å². The molecular weight excluding hydrogens is 290 g/mol. The second-order valence-electron chi connectivity index (χ2n) is 2.68. The Morgan fingerprint density at radius 3 is 2.19 bits per heavy atom. The van der Waals surface area contributed by atoms with E-state index >= 15 is 0 Å². The molecule has 0 N–H and O–H groups in total. The fraction of sp³-hybridized carbons (Fsp3) is 0. The lowest BCUT2D eigenvalue weighted by Crippen LogP contribution is -1.76. The summed E-state index contributed by atoms with van der Waals surface area (Å²) >= 11 is 4.66. The molecule has 0 unspecified atom stereocenters. The highest BCUT2D eigenvalue weighted by atomic mass is 79.9. The summed E-state index contributed by atoms with van der Waals surface area (Å²) in [5.41, 5.74) is 0.667. The maximum absolute atomic E-state index is 10.0. The number of hydrogen-bond acceptors (Lipinski definition) is 4. The van der Waals surface area contributed by atoms with Crippen LogP contribution in [0.15, 0.2) is 40.4 Å². The molecule has 0 radical (unpaired) electrons. The summed E-state index contributed by atoms with van der Waals surface area (Å²) in [7, 11) is 0. The first kappa shape index (κ1) is 12.7. The van der Waals surface area contributed by atoms with Crippen LogP contribution in [0.5, 0.6) is 0 Å². The molecular formula is C11H8BrNO2S. The summed E-state index contributed by atoms with van der Waals surface area (Å²) in [6, 6.07) is 5.11. The molecule has 0 aliphatic rings. The second-order valence-corrected chi connectivity index (χ2v) is 4.54. The second kappa shape index (κ2) is 7.03. The van der Waals surface area contributed by atoms with Crippen LogP contribution in [0.2, 0.25) is 0 Å². The van der Waals surface area contributed by atoms with E-state index in [2.05, 4.69) is 20.9 Å². The van der Waals surface area contributed by atoms with Crippen LogP contribution in [0.25, 0.3) is 0 Å². The maximum atomic E-state index is 10.0. The van der Waals surface area contributed by atoms with Crippen LogP contribution in [-0.2, 0) is 0 Å². The van der Waals surface area contributed by atoms with Gasteiger partial charge in [0.2, 0.25) is 0 Å². The molecule has 16 heavy (non-hydrogen) atoms. The number of halogens is 1. The van der Waals surface area contributed by atoms with Gasteiger partial charge in [0, 0.05) is 27.8 Å². The summed E-state index contributed by atoms with van der Waals surface area (Å²) in [6.45, 7) is 0. The Morgan fingerprint density at radius 1 is 1.19 bits per heavy atom. The maximum Gasteiger partial charge on any atom is 0.160 e. The van der Waals surface area contributed by atoms with Gasteiger partial charge in [0.15, 0.2) is 6.29 Å². The third kappa shape index (κ3) is 4.46. The molecule has 0 amide bonds. The number of nitrogens with zero attached hydrogens (tertiary/aromatic N) is 1. The summed E-state index contributed by atoms with van der Waals surface area (Å²) in [4.78, 5) is 24.5. The monoisotopic (exact) mass is 297 g/mol. The predicted molar refractivity (Wildman–Crippen MR) is 67.0 cm³/mol. The van der Waals surface area contributed by atoms with Crippen LogP contribution in [0.4, 0.5) is 0 Å². The van der Waals surface area contributed by atoms with Crippen LogP contribution in [0.3, 0.4) is 0 Å². The summed E-state index contributed by atoms with van der Waals surface area (Å²) < 4.78 is 0.976. The van der Waals surface area contributed by atoms with Crippen molar-refractivity contribution in [3.05, 3.63) is 50.9 Å². The Hall–Kier alpha value is -1.33. The van der Waals surface area contributed by atoms with Crippen molar-refractivity contribution in [1.82, 2.24) is 4.98 Å². The van der Waals surface area contributed by atoms with Gasteiger partial charge < -0.3 is 0 Å². The number of thiophene rings is 1. The first-order chi connectivity index (χ1) is 7.76. The number of carbonyl (C=O) groups is 2. The van der Waals surface area contributed by atoms with E-state index in [1.54, 1.807) is 30.6 Å². The molecule has 2 aromatic rings. The first-order valence-electron chi connectivity index (χ1n) is 4.30. The summed E-state index contributed by atoms with van der Waals surface area (Å²) in [5.74, 6) is 0. The topological polar surface area (TPSA) is 47.0 Å². The molecule has 0 saturated heterocycles. The predicted octanol–water partition coefficient (Wildman–Crippen LogP) is 3.22. The van der Waals surface area contributed by atoms with Gasteiger partial charge in [-0.2, -0.15) is 0 Å². The van der Waals surface area contributed by atoms with Gasteiger partial charge >= 0.3 is 0 Å². The van der Waals surface area contributed by atoms with Gasteiger partial charge in [0.1, 0.15) is 6.29 Å². The Labute approximate surface area is 105 Å². The number of hydrogen-bond donors (Lipinski definition) is 0. The Balaban J connectivity index is 0.000000160. The molecule has 5 heteroatoms. The van der Waals surface area contributed by atoms with E-state index in [4.69, 9.17) is 0 Å². The lowest BCUT2D eigenvalue weighted by Gasteiger charge is -1.81. The highest BCUT2D eigenvalue weighted by molar-refractivity contribution is 9.10. The Bertz CT molecular complexity index is 456. The van der Waals surface area contributed by atoms with Gasteiger partial charge in [-0.15, -0.1) is 11.3 Å². The average Bonchev–Trinajstić information content (AvgIpc) is 2.77. The van der Waals surface area contributed by atoms with Crippen molar-refractivity contribution < 1.29 is 9.59 Å². The van der Waals surface area contributed by atoms with Gasteiger partial charge in [-0.1, -0.05) is 0 Å². The number of carbonyl (C=O) groups excluding carboxylic acids is 2. The van der Waals surface area contributed by atoms with Crippen molar-refractivity contribution in [2.75, 3.05) is 0 Å². The smallest absolute Gasteiger partial charge is 0.160 e. The van der Waals surface area contributed by atoms with E-state index in [1.165, 1.54) is 11.3 Å². The zero-order valence-electron chi connectivity index (χ0n) is 8.17. The minimum absolute atomic E-state index is 0.667. The molecule has 3 nitrogen and oxygen atoms in total. The SMILES string of the molecule is O=Cc1cc(Br)cs1.O=Cc1ccncc1. The van der Waals surface area contributed by atoms with Gasteiger partial charge in [0.25, 0.3) is 0 Å². The molecule has 0 bridgehead atoms. The Morgan fingerprint density at radius 2 is 1.88 bits per heavy atom. The van der Waals surface area contributed by atoms with Crippen molar-refractivity contribution >= 4 is 39.8 Å². The zero-order chi connectivity index (χ0) is 11.8. The van der Waals surface area contributed by atoms with Crippen LogP contribution in [-0.4, -0.2) is 17.6 Å². The van der Waals surface area contributed by atoms with Crippen molar-refractivity contribution in [1.29, 1.82) is 0 Å². The standard InChI is InChI=1S/C6H5NO.C5H3BrOS/c8-5-6-1-3-7-4-2-6;6-4-1-5(2-7)8-3-4/h1-5H;1-3H. The van der Waals surface area contributed by atoms with E-state index in [-0.39, 0.29) is 0 Å². The molecule has 0 spiro atoms. The number of aldehydes is 2. The molecule has 0 saturated carbocycles. The minimum Gasteiger partial charge on any atom is -0.298 e. The van der Waals surface area contributed by atoms with Gasteiger partial charge in [-0.25, -0.2) is 0 Å². The van der Waals surface area contributed by atoms with Crippen LogP contribution >= 0.6 is 27.3 Å². The van der Waals surface area contributed by atoms with Gasteiger partial charge in [-0.3, -0.25) is 14.6 Å². The number of pyridine rings is 1. The van der Waals surface area contributed by atoms with Crippen LogP contribution in [0.1, 0.15) is 20.0 Å². The largest absolute Gasteiger partial charge is 0.298 e. The molecule has 2 aromatic heterocycles.